The van der Waals surface area contributed by atoms with Crippen LogP contribution in [0.3, 0.4) is 0 Å². The van der Waals surface area contributed by atoms with Crippen molar-refractivity contribution in [2.75, 3.05) is 17.7 Å². The third-order valence-electron chi connectivity index (χ3n) is 4.85. The number of aromatic nitrogens is 1. The number of nitriles is 1. The molecule has 172 valence electrons. The number of nitrogens with one attached hydrogen (secondary N) is 3. The summed E-state index contributed by atoms with van der Waals surface area (Å²) in [4.78, 5) is 25.2. The number of sulfonamides is 1. The minimum Gasteiger partial charge on any atom is -0.386 e. The van der Waals surface area contributed by atoms with Crippen molar-refractivity contribution in [2.24, 2.45) is 0 Å². The summed E-state index contributed by atoms with van der Waals surface area (Å²) in [7, 11) is -2.54. The molecular weight excluding hydrogens is 481 g/mol. The number of fused-ring (bicyclic) bond motifs is 1. The van der Waals surface area contributed by atoms with Gasteiger partial charge < -0.3 is 10.6 Å². The largest absolute Gasteiger partial charge is 0.386 e. The Morgan fingerprint density at radius 2 is 1.85 bits per heavy atom. The van der Waals surface area contributed by atoms with E-state index in [0.29, 0.717) is 11.1 Å². The second kappa shape index (κ2) is 8.97. The fourth-order valence-electron chi connectivity index (χ4n) is 3.22. The Balaban J connectivity index is 1.52. The lowest BCUT2D eigenvalue weighted by molar-refractivity contribution is 0.256. The third-order valence-corrected chi connectivity index (χ3v) is 7.66. The third kappa shape index (κ3) is 4.47. The number of halogens is 1. The van der Waals surface area contributed by atoms with E-state index in [1.807, 2.05) is 10.8 Å². The number of carbonyl (C=O) groups excluding carboxylic acids is 1. The zero-order valence-corrected chi connectivity index (χ0v) is 19.1. The van der Waals surface area contributed by atoms with Crippen LogP contribution in [0.1, 0.15) is 4.88 Å². The molecule has 2 aromatic carbocycles. The van der Waals surface area contributed by atoms with Gasteiger partial charge in [-0.25, -0.2) is 22.3 Å². The van der Waals surface area contributed by atoms with Crippen LogP contribution < -0.4 is 20.9 Å². The molecule has 0 bridgehead atoms. The van der Waals surface area contributed by atoms with Crippen LogP contribution in [0.15, 0.2) is 69.8 Å². The Bertz CT molecular complexity index is 1620. The molecule has 12 heteroatoms. The van der Waals surface area contributed by atoms with Crippen LogP contribution in [-0.2, 0) is 10.0 Å². The van der Waals surface area contributed by atoms with Crippen molar-refractivity contribution in [3.05, 3.63) is 81.8 Å². The van der Waals surface area contributed by atoms with Gasteiger partial charge in [0.1, 0.15) is 21.0 Å². The molecule has 0 fully saturated rings. The zero-order valence-electron chi connectivity index (χ0n) is 17.5. The Morgan fingerprint density at radius 1 is 1.12 bits per heavy atom. The van der Waals surface area contributed by atoms with E-state index >= 15 is 0 Å². The molecule has 0 aliphatic heterocycles. The molecule has 34 heavy (non-hydrogen) atoms. The number of hydrogen-bond donors (Lipinski definition) is 3. The van der Waals surface area contributed by atoms with Crippen LogP contribution in [0.5, 0.6) is 0 Å². The number of carbonyl (C=O) groups is 1. The summed E-state index contributed by atoms with van der Waals surface area (Å²) in [6, 6.07) is 13.9. The lowest BCUT2D eigenvalue weighted by atomic mass is 10.1. The molecule has 0 atom stereocenters. The lowest BCUT2D eigenvalue weighted by Crippen LogP contribution is -2.33. The highest BCUT2D eigenvalue weighted by Crippen LogP contribution is 2.22. The van der Waals surface area contributed by atoms with Crippen molar-refractivity contribution in [2.45, 2.75) is 4.21 Å². The van der Waals surface area contributed by atoms with Gasteiger partial charge in [-0.05, 0) is 60.0 Å². The standard InChI is InChI=1S/C22H16FN5O4S2/c1-25-19-10-13-8-9-28(21(29)17(13)11-18(19)23)15-4-2-14(3-5-15)26-22(30)27-34(31,32)20-7-6-16(12-24)33-20/h2-11,25H,1H3,(H2,26,27,30). The monoisotopic (exact) mass is 497 g/mol. The lowest BCUT2D eigenvalue weighted by Gasteiger charge is -2.11. The molecular formula is C22H16FN5O4S2. The highest BCUT2D eigenvalue weighted by Gasteiger charge is 2.20. The Morgan fingerprint density at radius 3 is 2.50 bits per heavy atom. The van der Waals surface area contributed by atoms with E-state index in [-0.39, 0.29) is 25.8 Å². The summed E-state index contributed by atoms with van der Waals surface area (Å²) in [5.74, 6) is -0.545. The van der Waals surface area contributed by atoms with Gasteiger partial charge in [0.05, 0.1) is 11.1 Å². The van der Waals surface area contributed by atoms with E-state index in [0.717, 1.165) is 11.3 Å². The number of hydrogen-bond acceptors (Lipinski definition) is 7. The number of amides is 2. The number of nitrogens with zero attached hydrogens (tertiary/aromatic N) is 2. The molecule has 0 saturated carbocycles. The van der Waals surface area contributed by atoms with Crippen LogP contribution in [-0.4, -0.2) is 26.1 Å². The molecule has 0 radical (unpaired) electrons. The average Bonchev–Trinajstić information content (AvgIpc) is 3.30. The molecule has 2 heterocycles. The van der Waals surface area contributed by atoms with Crippen molar-refractivity contribution in [1.82, 2.24) is 9.29 Å². The molecule has 4 rings (SSSR count). The summed E-state index contributed by atoms with van der Waals surface area (Å²) in [5.41, 5.74) is 0.603. The molecule has 0 unspecified atom stereocenters. The van der Waals surface area contributed by atoms with Gasteiger partial charge in [0.2, 0.25) is 0 Å². The zero-order chi connectivity index (χ0) is 24.5. The summed E-state index contributed by atoms with van der Waals surface area (Å²) in [5, 5.41) is 14.7. The smallest absolute Gasteiger partial charge is 0.333 e. The van der Waals surface area contributed by atoms with Gasteiger partial charge in [0.15, 0.2) is 0 Å². The van der Waals surface area contributed by atoms with Crippen LogP contribution in [0.25, 0.3) is 16.5 Å². The summed E-state index contributed by atoms with van der Waals surface area (Å²) < 4.78 is 41.7. The molecule has 0 aliphatic rings. The Labute approximate surface area is 197 Å². The van der Waals surface area contributed by atoms with Crippen LogP contribution in [0.4, 0.5) is 20.6 Å². The number of rotatable bonds is 5. The topological polar surface area (TPSA) is 133 Å². The van der Waals surface area contributed by atoms with Gasteiger partial charge in [-0.15, -0.1) is 11.3 Å². The van der Waals surface area contributed by atoms with Gasteiger partial charge in [0.25, 0.3) is 15.6 Å². The van der Waals surface area contributed by atoms with E-state index in [4.69, 9.17) is 5.26 Å². The molecule has 4 aromatic rings. The predicted molar refractivity (Wildman–Crippen MR) is 127 cm³/mol. The van der Waals surface area contributed by atoms with Crippen LogP contribution in [0.2, 0.25) is 0 Å². The number of anilines is 2. The minimum absolute atomic E-state index is 0.163. The highest BCUT2D eigenvalue weighted by atomic mass is 32.2. The van der Waals surface area contributed by atoms with Crippen LogP contribution in [0, 0.1) is 17.1 Å². The first kappa shape index (κ1) is 23.0. The fraction of sp³-hybridized carbons (Fsp3) is 0.0455. The van der Waals surface area contributed by atoms with Crippen molar-refractivity contribution in [1.29, 1.82) is 5.26 Å². The summed E-state index contributed by atoms with van der Waals surface area (Å²) in [6.45, 7) is 0. The first-order valence-electron chi connectivity index (χ1n) is 9.68. The molecule has 2 aromatic heterocycles. The van der Waals surface area contributed by atoms with E-state index in [9.17, 15) is 22.4 Å². The number of pyridine rings is 1. The number of urea groups is 1. The Hall–Kier alpha value is -4.21. The van der Waals surface area contributed by atoms with Crippen LogP contribution >= 0.6 is 11.3 Å². The maximum absolute atomic E-state index is 14.1. The molecule has 9 nitrogen and oxygen atoms in total. The SMILES string of the molecule is CNc1cc2ccn(-c3ccc(NC(=O)NS(=O)(=O)c4ccc(C#N)s4)cc3)c(=O)c2cc1F. The van der Waals surface area contributed by atoms with E-state index in [2.05, 4.69) is 10.6 Å². The highest BCUT2D eigenvalue weighted by molar-refractivity contribution is 7.92. The van der Waals surface area contributed by atoms with Crippen molar-refractivity contribution in [3.63, 3.8) is 0 Å². The summed E-state index contributed by atoms with van der Waals surface area (Å²) >= 11 is 0.742. The second-order valence-electron chi connectivity index (χ2n) is 7.00. The quantitative estimate of drug-likeness (QED) is 0.386. The average molecular weight is 498 g/mol. The molecule has 0 spiro atoms. The second-order valence-corrected chi connectivity index (χ2v) is 9.99. The molecule has 3 N–H and O–H groups in total. The number of thiophene rings is 1. The van der Waals surface area contributed by atoms with Crippen molar-refractivity contribution >= 4 is 49.5 Å². The van der Waals surface area contributed by atoms with E-state index in [1.165, 1.54) is 34.9 Å². The molecule has 0 saturated heterocycles. The normalized spacial score (nSPS) is 11.1. The predicted octanol–water partition coefficient (Wildman–Crippen LogP) is 3.62. The van der Waals surface area contributed by atoms with Gasteiger partial charge >= 0.3 is 6.03 Å². The first-order chi connectivity index (χ1) is 16.2. The fourth-order valence-corrected chi connectivity index (χ4v) is 5.23. The number of benzene rings is 2. The molecule has 2 amide bonds. The Kier molecular flexibility index (Phi) is 6.06. The summed E-state index contributed by atoms with van der Waals surface area (Å²) in [6.07, 6.45) is 1.56. The van der Waals surface area contributed by atoms with Crippen molar-refractivity contribution in [3.8, 4) is 11.8 Å². The van der Waals surface area contributed by atoms with Gasteiger partial charge in [-0.2, -0.15) is 5.26 Å². The van der Waals surface area contributed by atoms with Crippen molar-refractivity contribution < 1.29 is 17.6 Å². The van der Waals surface area contributed by atoms with Gasteiger partial charge in [0, 0.05) is 24.6 Å². The maximum atomic E-state index is 14.1. The maximum Gasteiger partial charge on any atom is 0.333 e. The van der Waals surface area contributed by atoms with E-state index < -0.39 is 27.4 Å². The first-order valence-corrected chi connectivity index (χ1v) is 12.0. The minimum atomic E-state index is -4.13. The molecule has 0 aliphatic carbocycles. The van der Waals surface area contributed by atoms with E-state index in [1.54, 1.807) is 37.5 Å². The van der Waals surface area contributed by atoms with Gasteiger partial charge in [-0.3, -0.25) is 9.36 Å². The van der Waals surface area contributed by atoms with Gasteiger partial charge in [-0.1, -0.05) is 0 Å².